The fourth-order valence-electron chi connectivity index (χ4n) is 7.16. The summed E-state index contributed by atoms with van der Waals surface area (Å²) in [6.45, 7) is 4.03. The first kappa shape index (κ1) is 54.3. The first-order chi connectivity index (χ1) is 27.5. The normalized spacial score (nSPS) is 14.5. The Labute approximate surface area is 347 Å². The molecule has 0 heterocycles. The van der Waals surface area contributed by atoms with Gasteiger partial charge in [-0.15, -0.1) is 0 Å². The third-order valence-electron chi connectivity index (χ3n) is 11.0. The Morgan fingerprint density at radius 1 is 0.446 bits per heavy atom. The van der Waals surface area contributed by atoms with E-state index in [9.17, 15) is 25.2 Å². The summed E-state index contributed by atoms with van der Waals surface area (Å²) in [5.41, 5.74) is 0. The Morgan fingerprint density at radius 2 is 0.804 bits per heavy atom. The number of hydrogen-bond donors (Lipinski definition) is 5. The van der Waals surface area contributed by atoms with Gasteiger partial charge in [-0.25, -0.2) is 0 Å². The maximum Gasteiger partial charge on any atom is 0.249 e. The number of unbranched alkanes of at least 4 members (excludes halogenated alkanes) is 26. The van der Waals surface area contributed by atoms with Crippen LogP contribution in [0.3, 0.4) is 0 Å². The van der Waals surface area contributed by atoms with E-state index in [4.69, 9.17) is 0 Å². The van der Waals surface area contributed by atoms with Gasteiger partial charge in [0, 0.05) is 0 Å². The number of nitrogens with one attached hydrogen (secondary N) is 1. The number of carbonyl (C=O) groups is 1. The lowest BCUT2D eigenvalue weighted by molar-refractivity contribution is -0.132. The molecule has 328 valence electrons. The lowest BCUT2D eigenvalue weighted by Gasteiger charge is -2.27. The van der Waals surface area contributed by atoms with E-state index in [1.54, 1.807) is 0 Å². The molecule has 0 aromatic heterocycles. The fourth-order valence-corrected chi connectivity index (χ4v) is 7.16. The van der Waals surface area contributed by atoms with E-state index in [1.165, 1.54) is 141 Å². The molecular weight excluding hydrogens is 695 g/mol. The Kier molecular flexibility index (Phi) is 43.0. The van der Waals surface area contributed by atoms with Gasteiger partial charge in [-0.2, -0.15) is 0 Å². The van der Waals surface area contributed by atoms with E-state index < -0.39 is 36.9 Å². The standard InChI is InChI=1S/C50H93NO5/c1-3-5-7-9-11-13-15-17-19-21-23-24-25-26-28-30-32-34-36-38-40-42-44-48(54)50(56)51-46(45-52)49(55)47(53)43-41-39-37-35-33-31-29-27-22-20-18-16-14-12-10-8-6-4-2/h23-24,26-29,35,37,46-49,52-55H,3-22,25,30-34,36,38-45H2,1-2H3,(H,51,56)/b24-23-,28-26-,29-27+,37-35+. The van der Waals surface area contributed by atoms with E-state index >= 15 is 0 Å². The van der Waals surface area contributed by atoms with E-state index in [1.807, 2.05) is 0 Å². The predicted octanol–water partition coefficient (Wildman–Crippen LogP) is 13.1. The summed E-state index contributed by atoms with van der Waals surface area (Å²) in [6, 6.07) is -1.01. The van der Waals surface area contributed by atoms with Crippen LogP contribution < -0.4 is 5.32 Å². The van der Waals surface area contributed by atoms with Crippen molar-refractivity contribution in [2.75, 3.05) is 6.61 Å². The van der Waals surface area contributed by atoms with Crippen molar-refractivity contribution in [1.29, 1.82) is 0 Å². The molecule has 6 heteroatoms. The largest absolute Gasteiger partial charge is 0.394 e. The molecule has 0 aromatic carbocycles. The molecule has 6 nitrogen and oxygen atoms in total. The third-order valence-corrected chi connectivity index (χ3v) is 11.0. The van der Waals surface area contributed by atoms with Gasteiger partial charge in [-0.1, -0.05) is 197 Å². The van der Waals surface area contributed by atoms with Crippen LogP contribution in [-0.2, 0) is 4.79 Å². The van der Waals surface area contributed by atoms with Gasteiger partial charge in [0.25, 0.3) is 0 Å². The van der Waals surface area contributed by atoms with Crippen LogP contribution in [0.25, 0.3) is 0 Å². The lowest BCUT2D eigenvalue weighted by atomic mass is 10.00. The number of rotatable bonds is 43. The van der Waals surface area contributed by atoms with Crippen LogP contribution >= 0.6 is 0 Å². The quantitative estimate of drug-likeness (QED) is 0.0312. The maximum atomic E-state index is 12.5. The van der Waals surface area contributed by atoms with Crippen molar-refractivity contribution in [3.05, 3.63) is 48.6 Å². The Bertz CT molecular complexity index is 930. The van der Waals surface area contributed by atoms with Crippen molar-refractivity contribution >= 4 is 5.91 Å². The lowest BCUT2D eigenvalue weighted by Crippen LogP contribution is -2.53. The van der Waals surface area contributed by atoms with E-state index in [0.29, 0.717) is 19.3 Å². The monoisotopic (exact) mass is 788 g/mol. The number of carbonyl (C=O) groups excluding carboxylic acids is 1. The number of allylic oxidation sites excluding steroid dienone is 8. The zero-order chi connectivity index (χ0) is 41.0. The van der Waals surface area contributed by atoms with Crippen LogP contribution in [0.15, 0.2) is 48.6 Å². The smallest absolute Gasteiger partial charge is 0.249 e. The van der Waals surface area contributed by atoms with E-state index in [2.05, 4.69) is 67.8 Å². The molecule has 0 aliphatic heterocycles. The molecule has 0 rings (SSSR count). The van der Waals surface area contributed by atoms with Crippen molar-refractivity contribution in [3.63, 3.8) is 0 Å². The van der Waals surface area contributed by atoms with Gasteiger partial charge < -0.3 is 25.7 Å². The van der Waals surface area contributed by atoms with Gasteiger partial charge in [0.15, 0.2) is 0 Å². The summed E-state index contributed by atoms with van der Waals surface area (Å²) in [5.74, 6) is -0.606. The highest BCUT2D eigenvalue weighted by Crippen LogP contribution is 2.15. The number of aliphatic hydroxyl groups excluding tert-OH is 4. The predicted molar refractivity (Wildman–Crippen MR) is 242 cm³/mol. The number of aliphatic hydroxyl groups is 4. The summed E-state index contributed by atoms with van der Waals surface area (Å²) >= 11 is 0. The minimum absolute atomic E-state index is 0.347. The van der Waals surface area contributed by atoms with E-state index in [-0.39, 0.29) is 0 Å². The van der Waals surface area contributed by atoms with Gasteiger partial charge in [0.1, 0.15) is 12.2 Å². The average Bonchev–Trinajstić information content (AvgIpc) is 3.20. The molecule has 5 N–H and O–H groups in total. The molecule has 0 bridgehead atoms. The van der Waals surface area contributed by atoms with Crippen LogP contribution in [0.1, 0.15) is 232 Å². The molecule has 0 radical (unpaired) electrons. The summed E-state index contributed by atoms with van der Waals surface area (Å²) < 4.78 is 0. The Hall–Kier alpha value is -1.73. The number of hydrogen-bond acceptors (Lipinski definition) is 5. The van der Waals surface area contributed by atoms with Crippen molar-refractivity contribution in [2.45, 2.75) is 257 Å². The van der Waals surface area contributed by atoms with Crippen molar-refractivity contribution in [2.24, 2.45) is 0 Å². The number of amides is 1. The van der Waals surface area contributed by atoms with Crippen molar-refractivity contribution in [3.8, 4) is 0 Å². The third kappa shape index (κ3) is 37.8. The second kappa shape index (κ2) is 44.4. The molecule has 0 spiro atoms. The zero-order valence-corrected chi connectivity index (χ0v) is 36.9. The molecule has 0 aliphatic carbocycles. The SMILES string of the molecule is CCCCCCCCCCC/C=C\C/C=C\CCCCCCCCC(O)C(=O)NC(CO)C(O)C(O)CCC/C=C/CC/C=C/CCCCCCCCCCC. The van der Waals surface area contributed by atoms with E-state index in [0.717, 1.165) is 57.8 Å². The minimum Gasteiger partial charge on any atom is -0.394 e. The molecule has 0 fully saturated rings. The molecule has 1 amide bonds. The molecule has 4 atom stereocenters. The summed E-state index contributed by atoms with van der Waals surface area (Å²) in [5, 5.41) is 43.7. The molecule has 4 unspecified atom stereocenters. The van der Waals surface area contributed by atoms with Gasteiger partial charge in [-0.3, -0.25) is 4.79 Å². The highest BCUT2D eigenvalue weighted by molar-refractivity contribution is 5.80. The second-order valence-corrected chi connectivity index (χ2v) is 16.4. The van der Waals surface area contributed by atoms with Crippen LogP contribution in [0, 0.1) is 0 Å². The summed E-state index contributed by atoms with van der Waals surface area (Å²) in [4.78, 5) is 12.5. The molecule has 0 aliphatic rings. The summed E-state index contributed by atoms with van der Waals surface area (Å²) in [6.07, 6.45) is 54.3. The highest BCUT2D eigenvalue weighted by atomic mass is 16.3. The molecule has 56 heavy (non-hydrogen) atoms. The fraction of sp³-hybridized carbons (Fsp3) is 0.820. The average molecular weight is 788 g/mol. The van der Waals surface area contributed by atoms with Crippen LogP contribution in [0.2, 0.25) is 0 Å². The zero-order valence-electron chi connectivity index (χ0n) is 36.9. The van der Waals surface area contributed by atoms with Gasteiger partial charge in [0.05, 0.1) is 18.8 Å². The van der Waals surface area contributed by atoms with Gasteiger partial charge >= 0.3 is 0 Å². The molecule has 0 saturated carbocycles. The Morgan fingerprint density at radius 3 is 1.23 bits per heavy atom. The molecule has 0 saturated heterocycles. The minimum atomic E-state index is -1.29. The first-order valence-electron chi connectivity index (χ1n) is 24.0. The molecule has 0 aromatic rings. The first-order valence-corrected chi connectivity index (χ1v) is 24.0. The summed E-state index contributed by atoms with van der Waals surface area (Å²) in [7, 11) is 0. The van der Waals surface area contributed by atoms with Crippen LogP contribution in [-0.4, -0.2) is 57.3 Å². The van der Waals surface area contributed by atoms with Crippen LogP contribution in [0.5, 0.6) is 0 Å². The maximum absolute atomic E-state index is 12.5. The van der Waals surface area contributed by atoms with Crippen LogP contribution in [0.4, 0.5) is 0 Å². The van der Waals surface area contributed by atoms with Gasteiger partial charge in [0.2, 0.25) is 5.91 Å². The van der Waals surface area contributed by atoms with Gasteiger partial charge in [-0.05, 0) is 83.5 Å². The topological polar surface area (TPSA) is 110 Å². The second-order valence-electron chi connectivity index (χ2n) is 16.4. The highest BCUT2D eigenvalue weighted by Gasteiger charge is 2.28. The van der Waals surface area contributed by atoms with Crippen molar-refractivity contribution in [1.82, 2.24) is 5.32 Å². The van der Waals surface area contributed by atoms with Crippen molar-refractivity contribution < 1.29 is 25.2 Å². The molecular formula is C50H93NO5. The Balaban J connectivity index is 3.80.